The lowest BCUT2D eigenvalue weighted by Gasteiger charge is -2.27. The third-order valence-electron chi connectivity index (χ3n) is 6.50. The molecule has 3 aromatic rings. The quantitative estimate of drug-likeness (QED) is 0.522. The number of rotatable bonds is 5. The number of amides is 2. The number of aromatic amines is 1. The van der Waals surface area contributed by atoms with E-state index in [-0.39, 0.29) is 11.4 Å². The van der Waals surface area contributed by atoms with E-state index in [2.05, 4.69) is 70.6 Å². The Morgan fingerprint density at radius 2 is 2.06 bits per heavy atom. The lowest BCUT2D eigenvalue weighted by Crippen LogP contribution is -2.39. The van der Waals surface area contributed by atoms with Crippen molar-refractivity contribution in [3.8, 4) is 11.3 Å². The van der Waals surface area contributed by atoms with Gasteiger partial charge in [-0.2, -0.15) is 5.10 Å². The van der Waals surface area contributed by atoms with Crippen molar-refractivity contribution in [2.75, 3.05) is 18.4 Å². The minimum absolute atomic E-state index is 0.0197. The highest BCUT2D eigenvalue weighted by Gasteiger charge is 2.33. The highest BCUT2D eigenvalue weighted by atomic mass is 16.2. The minimum Gasteiger partial charge on any atom is -0.334 e. The zero-order chi connectivity index (χ0) is 23.6. The molecule has 4 rings (SSSR count). The van der Waals surface area contributed by atoms with Gasteiger partial charge in [-0.25, -0.2) is 14.8 Å². The molecule has 0 radical (unpaired) electrons. The van der Waals surface area contributed by atoms with Crippen LogP contribution in [0.4, 0.5) is 16.4 Å². The molecule has 1 saturated heterocycles. The molecule has 1 aromatic carbocycles. The van der Waals surface area contributed by atoms with Gasteiger partial charge in [0.25, 0.3) is 0 Å². The van der Waals surface area contributed by atoms with Crippen LogP contribution in [-0.4, -0.2) is 44.2 Å². The van der Waals surface area contributed by atoms with Gasteiger partial charge in [0.1, 0.15) is 0 Å². The van der Waals surface area contributed by atoms with Crippen molar-refractivity contribution >= 4 is 17.7 Å². The number of hydrogen-bond donors (Lipinski definition) is 3. The maximum absolute atomic E-state index is 12.7. The summed E-state index contributed by atoms with van der Waals surface area (Å²) in [6.07, 6.45) is 4.59. The van der Waals surface area contributed by atoms with Gasteiger partial charge in [-0.3, -0.25) is 5.10 Å². The molecular weight excluding hydrogens is 414 g/mol. The van der Waals surface area contributed by atoms with Crippen molar-refractivity contribution < 1.29 is 4.79 Å². The molecule has 8 nitrogen and oxygen atoms in total. The molecule has 1 fully saturated rings. The summed E-state index contributed by atoms with van der Waals surface area (Å²) in [6.45, 7) is 12.9. The topological polar surface area (TPSA) is 98.8 Å². The number of H-pyrrole nitrogens is 1. The molecule has 2 aromatic heterocycles. The first-order chi connectivity index (χ1) is 15.7. The van der Waals surface area contributed by atoms with E-state index >= 15 is 0 Å². The fraction of sp³-hybridized carbons (Fsp3) is 0.440. The lowest BCUT2D eigenvalue weighted by atomic mass is 9.80. The molecule has 174 valence electrons. The van der Waals surface area contributed by atoms with Crippen LogP contribution < -0.4 is 10.6 Å². The molecule has 1 atom stereocenters. The van der Waals surface area contributed by atoms with Crippen molar-refractivity contribution in [2.24, 2.45) is 11.3 Å². The number of likely N-dealkylation sites (tertiary alicyclic amines) is 1. The Balaban J connectivity index is 1.39. The van der Waals surface area contributed by atoms with Crippen LogP contribution in [-0.2, 0) is 6.54 Å². The van der Waals surface area contributed by atoms with Gasteiger partial charge in [-0.15, -0.1) is 0 Å². The average molecular weight is 448 g/mol. The molecule has 3 heterocycles. The molecule has 2 amide bonds. The van der Waals surface area contributed by atoms with Gasteiger partial charge in [-0.1, -0.05) is 32.9 Å². The third kappa shape index (κ3) is 5.32. The second kappa shape index (κ2) is 9.21. The van der Waals surface area contributed by atoms with Crippen LogP contribution in [0.5, 0.6) is 0 Å². The van der Waals surface area contributed by atoms with Crippen LogP contribution in [0, 0.1) is 25.2 Å². The Labute approximate surface area is 195 Å². The zero-order valence-electron chi connectivity index (χ0n) is 20.1. The van der Waals surface area contributed by atoms with Gasteiger partial charge in [0, 0.05) is 37.6 Å². The first-order valence-corrected chi connectivity index (χ1v) is 11.4. The van der Waals surface area contributed by atoms with Crippen LogP contribution >= 0.6 is 0 Å². The largest absolute Gasteiger partial charge is 0.334 e. The molecule has 0 aliphatic carbocycles. The van der Waals surface area contributed by atoms with Crippen molar-refractivity contribution in [3.05, 3.63) is 53.5 Å². The monoisotopic (exact) mass is 447 g/mol. The molecule has 33 heavy (non-hydrogen) atoms. The predicted molar refractivity (Wildman–Crippen MR) is 130 cm³/mol. The van der Waals surface area contributed by atoms with Gasteiger partial charge in [-0.05, 0) is 54.9 Å². The Morgan fingerprint density at radius 1 is 1.24 bits per heavy atom. The SMILES string of the molecule is Cc1cc(-c2ccnc(Nc3c[nH]nc3C)n2)ccc1CNC(=O)N1CC[C@@H](C(C)(C)C)C1. The Hall–Kier alpha value is -3.42. The number of carbonyl (C=O) groups excluding carboxylic acids is 1. The number of benzene rings is 1. The molecule has 1 aliphatic heterocycles. The summed E-state index contributed by atoms with van der Waals surface area (Å²) in [5, 5.41) is 13.2. The Kier molecular flexibility index (Phi) is 6.35. The number of carbonyl (C=O) groups is 1. The van der Waals surface area contributed by atoms with E-state index in [0.717, 1.165) is 53.3 Å². The van der Waals surface area contributed by atoms with Gasteiger partial charge in [0.05, 0.1) is 17.1 Å². The van der Waals surface area contributed by atoms with Crippen molar-refractivity contribution in [3.63, 3.8) is 0 Å². The number of aryl methyl sites for hydroxylation is 2. The van der Waals surface area contributed by atoms with Gasteiger partial charge < -0.3 is 15.5 Å². The molecule has 1 aliphatic rings. The number of aromatic nitrogens is 4. The summed E-state index contributed by atoms with van der Waals surface area (Å²) in [5.74, 6) is 1.07. The fourth-order valence-corrected chi connectivity index (χ4v) is 4.17. The number of nitrogens with one attached hydrogen (secondary N) is 3. The summed E-state index contributed by atoms with van der Waals surface area (Å²) in [6, 6.07) is 8.11. The molecule has 0 saturated carbocycles. The van der Waals surface area contributed by atoms with E-state index in [4.69, 9.17) is 0 Å². The second-order valence-electron chi connectivity index (χ2n) is 9.87. The number of anilines is 2. The van der Waals surface area contributed by atoms with E-state index in [1.807, 2.05) is 24.0 Å². The van der Waals surface area contributed by atoms with E-state index < -0.39 is 0 Å². The maximum Gasteiger partial charge on any atom is 0.317 e. The lowest BCUT2D eigenvalue weighted by molar-refractivity contribution is 0.196. The summed E-state index contributed by atoms with van der Waals surface area (Å²) in [4.78, 5) is 23.6. The first-order valence-electron chi connectivity index (χ1n) is 11.4. The van der Waals surface area contributed by atoms with Crippen molar-refractivity contribution in [1.82, 2.24) is 30.4 Å². The molecular formula is C25H33N7O. The molecule has 0 spiro atoms. The van der Waals surface area contributed by atoms with E-state index in [1.54, 1.807) is 12.4 Å². The predicted octanol–water partition coefficient (Wildman–Crippen LogP) is 4.80. The number of urea groups is 1. The molecule has 8 heteroatoms. The standard InChI is InChI=1S/C25H33N7O/c1-16-12-18(21-8-10-26-23(29-21)30-22-14-28-31-17(22)2)6-7-19(16)13-27-24(33)32-11-9-20(15-32)25(3,4)5/h6-8,10,12,14,20H,9,11,13,15H2,1-5H3,(H,27,33)(H,28,31)(H,26,29,30)/t20-/m1/s1. The molecule has 0 bridgehead atoms. The van der Waals surface area contributed by atoms with Crippen LogP contribution in [0.15, 0.2) is 36.7 Å². The zero-order valence-corrected chi connectivity index (χ0v) is 20.1. The number of hydrogen-bond acceptors (Lipinski definition) is 5. The average Bonchev–Trinajstić information content (AvgIpc) is 3.43. The minimum atomic E-state index is 0.0197. The maximum atomic E-state index is 12.7. The van der Waals surface area contributed by atoms with Gasteiger partial charge >= 0.3 is 6.03 Å². The van der Waals surface area contributed by atoms with E-state index in [9.17, 15) is 4.79 Å². The van der Waals surface area contributed by atoms with Crippen molar-refractivity contribution in [2.45, 2.75) is 47.6 Å². The Morgan fingerprint density at radius 3 is 2.73 bits per heavy atom. The van der Waals surface area contributed by atoms with Gasteiger partial charge in [0.2, 0.25) is 5.95 Å². The normalized spacial score (nSPS) is 16.2. The third-order valence-corrected chi connectivity index (χ3v) is 6.50. The molecule has 3 N–H and O–H groups in total. The molecule has 0 unspecified atom stereocenters. The smallest absolute Gasteiger partial charge is 0.317 e. The summed E-state index contributed by atoms with van der Waals surface area (Å²) >= 11 is 0. The van der Waals surface area contributed by atoms with E-state index in [0.29, 0.717) is 18.4 Å². The highest BCUT2D eigenvalue weighted by Crippen LogP contribution is 2.33. The summed E-state index contributed by atoms with van der Waals surface area (Å²) in [7, 11) is 0. The van der Waals surface area contributed by atoms with Crippen LogP contribution in [0.25, 0.3) is 11.3 Å². The van der Waals surface area contributed by atoms with Gasteiger partial charge in [0.15, 0.2) is 0 Å². The van der Waals surface area contributed by atoms with Crippen LogP contribution in [0.2, 0.25) is 0 Å². The Bertz CT molecular complexity index is 1130. The summed E-state index contributed by atoms with van der Waals surface area (Å²) < 4.78 is 0. The highest BCUT2D eigenvalue weighted by molar-refractivity contribution is 5.74. The second-order valence-corrected chi connectivity index (χ2v) is 9.87. The van der Waals surface area contributed by atoms with E-state index in [1.165, 1.54) is 0 Å². The summed E-state index contributed by atoms with van der Waals surface area (Å²) in [5.41, 5.74) is 5.98. The van der Waals surface area contributed by atoms with Crippen LogP contribution in [0.3, 0.4) is 0 Å². The first kappa shape index (κ1) is 22.8. The van der Waals surface area contributed by atoms with Crippen molar-refractivity contribution in [1.29, 1.82) is 0 Å². The van der Waals surface area contributed by atoms with Crippen LogP contribution in [0.1, 0.15) is 44.0 Å². The fourth-order valence-electron chi connectivity index (χ4n) is 4.17. The number of nitrogens with zero attached hydrogens (tertiary/aromatic N) is 4.